The van der Waals surface area contributed by atoms with Crippen molar-refractivity contribution in [1.82, 2.24) is 9.88 Å². The minimum absolute atomic E-state index is 0.197. The molecule has 1 aromatic heterocycles. The van der Waals surface area contributed by atoms with Crippen molar-refractivity contribution >= 4 is 16.9 Å². The van der Waals surface area contributed by atoms with E-state index in [-0.39, 0.29) is 12.5 Å². The minimum Gasteiger partial charge on any atom is -0.465 e. The Bertz CT molecular complexity index is 602. The van der Waals surface area contributed by atoms with Gasteiger partial charge in [-0.2, -0.15) is 0 Å². The van der Waals surface area contributed by atoms with Crippen molar-refractivity contribution in [2.75, 3.05) is 13.2 Å². The summed E-state index contributed by atoms with van der Waals surface area (Å²) < 4.78 is 6.92. The van der Waals surface area contributed by atoms with E-state index in [0.717, 1.165) is 24.0 Å². The Morgan fingerprint density at radius 3 is 2.86 bits per heavy atom. The van der Waals surface area contributed by atoms with Gasteiger partial charge in [-0.1, -0.05) is 19.9 Å². The summed E-state index contributed by atoms with van der Waals surface area (Å²) in [7, 11) is 0. The van der Waals surface area contributed by atoms with Crippen LogP contribution in [0.25, 0.3) is 10.9 Å². The normalized spacial score (nSPS) is 11.2. The van der Waals surface area contributed by atoms with E-state index in [1.165, 1.54) is 5.56 Å². The summed E-state index contributed by atoms with van der Waals surface area (Å²) in [6.45, 7) is 8.80. The van der Waals surface area contributed by atoms with Crippen molar-refractivity contribution in [3.05, 3.63) is 36.0 Å². The second kappa shape index (κ2) is 7.27. The van der Waals surface area contributed by atoms with E-state index in [9.17, 15) is 4.79 Å². The molecule has 0 spiro atoms. The fraction of sp³-hybridized carbons (Fsp3) is 0.471. The highest BCUT2D eigenvalue weighted by Crippen LogP contribution is 2.18. The van der Waals surface area contributed by atoms with Crippen LogP contribution in [-0.4, -0.2) is 23.7 Å². The maximum atomic E-state index is 11.6. The highest BCUT2D eigenvalue weighted by atomic mass is 16.5. The van der Waals surface area contributed by atoms with Gasteiger partial charge in [0, 0.05) is 18.3 Å². The molecule has 1 aromatic carbocycles. The van der Waals surface area contributed by atoms with Crippen molar-refractivity contribution < 1.29 is 9.53 Å². The minimum atomic E-state index is -0.197. The number of nitrogens with zero attached hydrogens (tertiary/aromatic N) is 1. The molecule has 0 amide bonds. The SMILES string of the molecule is CCOC(=O)Cn1ccc2cc(CNCC(C)C)ccc21. The third-order valence-corrected chi connectivity index (χ3v) is 3.32. The lowest BCUT2D eigenvalue weighted by Gasteiger charge is -2.08. The first kappa shape index (κ1) is 15.6. The number of carbonyl (C=O) groups is 1. The smallest absolute Gasteiger partial charge is 0.325 e. The second-order valence-electron chi connectivity index (χ2n) is 5.67. The average Bonchev–Trinajstić information content (AvgIpc) is 2.81. The van der Waals surface area contributed by atoms with Crippen molar-refractivity contribution in [2.45, 2.75) is 33.9 Å². The molecule has 0 fully saturated rings. The van der Waals surface area contributed by atoms with Crippen molar-refractivity contribution in [3.63, 3.8) is 0 Å². The summed E-state index contributed by atoms with van der Waals surface area (Å²) in [5, 5.41) is 4.60. The molecule has 0 aliphatic rings. The number of ether oxygens (including phenoxy) is 1. The Kier molecular flexibility index (Phi) is 5.39. The summed E-state index contributed by atoms with van der Waals surface area (Å²) in [5.74, 6) is 0.456. The van der Waals surface area contributed by atoms with Gasteiger partial charge in [-0.15, -0.1) is 0 Å². The van der Waals surface area contributed by atoms with Gasteiger partial charge in [0.15, 0.2) is 0 Å². The van der Waals surface area contributed by atoms with Crippen molar-refractivity contribution in [3.8, 4) is 0 Å². The predicted octanol–water partition coefficient (Wildman–Crippen LogP) is 2.95. The number of hydrogen-bond donors (Lipinski definition) is 1. The molecule has 0 radical (unpaired) electrons. The summed E-state index contributed by atoms with van der Waals surface area (Å²) in [4.78, 5) is 11.6. The van der Waals surface area contributed by atoms with Gasteiger partial charge in [0.05, 0.1) is 6.61 Å². The van der Waals surface area contributed by atoms with Gasteiger partial charge in [0.2, 0.25) is 0 Å². The van der Waals surface area contributed by atoms with E-state index in [1.54, 1.807) is 0 Å². The first-order chi connectivity index (χ1) is 10.1. The Morgan fingerprint density at radius 2 is 2.14 bits per heavy atom. The standard InChI is InChI=1S/C17H24N2O2/c1-4-21-17(20)12-19-8-7-15-9-14(5-6-16(15)19)11-18-10-13(2)3/h5-9,13,18H,4,10-12H2,1-3H3. The summed E-state index contributed by atoms with van der Waals surface area (Å²) in [5.41, 5.74) is 2.33. The quantitative estimate of drug-likeness (QED) is 0.797. The summed E-state index contributed by atoms with van der Waals surface area (Å²) in [6, 6.07) is 8.39. The van der Waals surface area contributed by atoms with Gasteiger partial charge in [0.25, 0.3) is 0 Å². The molecule has 4 heteroatoms. The van der Waals surface area contributed by atoms with Crippen LogP contribution in [0.3, 0.4) is 0 Å². The average molecular weight is 288 g/mol. The summed E-state index contributed by atoms with van der Waals surface area (Å²) >= 11 is 0. The Morgan fingerprint density at radius 1 is 1.33 bits per heavy atom. The molecule has 1 N–H and O–H groups in total. The monoisotopic (exact) mass is 288 g/mol. The molecule has 0 saturated carbocycles. The Labute approximate surface area is 126 Å². The topological polar surface area (TPSA) is 43.3 Å². The number of esters is 1. The van der Waals surface area contributed by atoms with E-state index in [2.05, 4.69) is 37.4 Å². The maximum Gasteiger partial charge on any atom is 0.325 e. The number of nitrogens with one attached hydrogen (secondary N) is 1. The molecule has 0 aliphatic heterocycles. The van der Waals surface area contributed by atoms with E-state index in [0.29, 0.717) is 12.5 Å². The highest BCUT2D eigenvalue weighted by Gasteiger charge is 2.07. The fourth-order valence-electron chi connectivity index (χ4n) is 2.35. The molecule has 0 bridgehead atoms. The molecular formula is C17H24N2O2. The lowest BCUT2D eigenvalue weighted by Crippen LogP contribution is -2.18. The van der Waals surface area contributed by atoms with E-state index in [1.807, 2.05) is 23.8 Å². The van der Waals surface area contributed by atoms with E-state index < -0.39 is 0 Å². The van der Waals surface area contributed by atoms with Crippen LogP contribution in [0.2, 0.25) is 0 Å². The Balaban J connectivity index is 2.06. The lowest BCUT2D eigenvalue weighted by atomic mass is 10.1. The van der Waals surface area contributed by atoms with Crippen molar-refractivity contribution in [1.29, 1.82) is 0 Å². The molecule has 0 unspecified atom stereocenters. The molecule has 0 saturated heterocycles. The molecular weight excluding hydrogens is 264 g/mol. The molecule has 1 heterocycles. The fourth-order valence-corrected chi connectivity index (χ4v) is 2.35. The predicted molar refractivity (Wildman–Crippen MR) is 85.1 cm³/mol. The second-order valence-corrected chi connectivity index (χ2v) is 5.67. The van der Waals surface area contributed by atoms with Gasteiger partial charge >= 0.3 is 5.97 Å². The van der Waals surface area contributed by atoms with Crippen LogP contribution in [0, 0.1) is 5.92 Å². The summed E-state index contributed by atoms with van der Waals surface area (Å²) in [6.07, 6.45) is 1.94. The molecule has 0 atom stereocenters. The van der Waals surface area contributed by atoms with Gasteiger partial charge in [-0.05, 0) is 48.5 Å². The zero-order valence-electron chi connectivity index (χ0n) is 13.1. The van der Waals surface area contributed by atoms with Crippen LogP contribution in [-0.2, 0) is 22.6 Å². The number of aromatic nitrogens is 1. The molecule has 4 nitrogen and oxygen atoms in total. The number of fused-ring (bicyclic) bond motifs is 1. The van der Waals surface area contributed by atoms with Gasteiger partial charge < -0.3 is 14.6 Å². The number of rotatable bonds is 7. The van der Waals surface area contributed by atoms with Gasteiger partial charge in [0.1, 0.15) is 6.54 Å². The Hall–Kier alpha value is -1.81. The first-order valence-electron chi connectivity index (χ1n) is 7.54. The highest BCUT2D eigenvalue weighted by molar-refractivity contribution is 5.82. The van der Waals surface area contributed by atoms with Crippen LogP contribution in [0.15, 0.2) is 30.5 Å². The van der Waals surface area contributed by atoms with Crippen LogP contribution >= 0.6 is 0 Å². The molecule has 0 aliphatic carbocycles. The van der Waals surface area contributed by atoms with E-state index in [4.69, 9.17) is 4.74 Å². The van der Waals surface area contributed by atoms with E-state index >= 15 is 0 Å². The first-order valence-corrected chi connectivity index (χ1v) is 7.54. The molecule has 21 heavy (non-hydrogen) atoms. The van der Waals surface area contributed by atoms with Crippen LogP contribution in [0.4, 0.5) is 0 Å². The number of carbonyl (C=O) groups excluding carboxylic acids is 1. The van der Waals surface area contributed by atoms with Crippen molar-refractivity contribution in [2.24, 2.45) is 5.92 Å². The zero-order valence-corrected chi connectivity index (χ0v) is 13.1. The van der Waals surface area contributed by atoms with Crippen LogP contribution < -0.4 is 5.32 Å². The maximum absolute atomic E-state index is 11.6. The zero-order chi connectivity index (χ0) is 15.2. The number of hydrogen-bond acceptors (Lipinski definition) is 3. The molecule has 114 valence electrons. The largest absolute Gasteiger partial charge is 0.465 e. The third kappa shape index (κ3) is 4.33. The lowest BCUT2D eigenvalue weighted by molar-refractivity contribution is -0.143. The van der Waals surface area contributed by atoms with Gasteiger partial charge in [-0.3, -0.25) is 4.79 Å². The third-order valence-electron chi connectivity index (χ3n) is 3.32. The number of benzene rings is 1. The van der Waals surface area contributed by atoms with Crippen LogP contribution in [0.5, 0.6) is 0 Å². The van der Waals surface area contributed by atoms with Crippen LogP contribution in [0.1, 0.15) is 26.3 Å². The molecule has 2 rings (SSSR count). The van der Waals surface area contributed by atoms with Gasteiger partial charge in [-0.25, -0.2) is 0 Å². The molecule has 2 aromatic rings.